The maximum atomic E-state index is 2.42. The topological polar surface area (TPSA) is 0 Å². The maximum absolute atomic E-state index is 2.42. The van der Waals surface area contributed by atoms with Crippen molar-refractivity contribution < 1.29 is 0 Å². The van der Waals surface area contributed by atoms with Gasteiger partial charge in [0.25, 0.3) is 0 Å². The summed E-state index contributed by atoms with van der Waals surface area (Å²) >= 11 is 4.83. The van der Waals surface area contributed by atoms with E-state index in [4.69, 9.17) is 0 Å². The third kappa shape index (κ3) is 3.38. The van der Waals surface area contributed by atoms with E-state index >= 15 is 0 Å². The quantitative estimate of drug-likeness (QED) is 0.331. The Labute approximate surface area is 159 Å². The number of hydrogen-bond acceptors (Lipinski definition) is 0. The normalized spacial score (nSPS) is 10.7. The molecule has 0 bridgehead atoms. The lowest BCUT2D eigenvalue weighted by molar-refractivity contribution is 1.43. The standard InChI is InChI=1S/C20H16I2/c1-13-3-9-17(19(21)11-13)15-5-7-16(8-6-15)18-10-4-14(2)12-20(18)22/h3-12H,1-2H3. The van der Waals surface area contributed by atoms with Crippen LogP contribution in [-0.4, -0.2) is 0 Å². The van der Waals surface area contributed by atoms with Crippen molar-refractivity contribution in [2.45, 2.75) is 13.8 Å². The first-order chi connectivity index (χ1) is 10.5. The molecule has 0 saturated heterocycles. The van der Waals surface area contributed by atoms with E-state index < -0.39 is 0 Å². The summed E-state index contributed by atoms with van der Waals surface area (Å²) in [5.41, 5.74) is 7.76. The Morgan fingerprint density at radius 3 is 1.23 bits per heavy atom. The van der Waals surface area contributed by atoms with Crippen LogP contribution in [0.3, 0.4) is 0 Å². The molecule has 22 heavy (non-hydrogen) atoms. The van der Waals surface area contributed by atoms with Crippen molar-refractivity contribution in [3.05, 3.63) is 78.9 Å². The van der Waals surface area contributed by atoms with Gasteiger partial charge in [-0.25, -0.2) is 0 Å². The second kappa shape index (κ2) is 6.71. The van der Waals surface area contributed by atoms with Gasteiger partial charge in [0, 0.05) is 7.14 Å². The zero-order chi connectivity index (χ0) is 15.7. The van der Waals surface area contributed by atoms with Gasteiger partial charge in [-0.15, -0.1) is 0 Å². The van der Waals surface area contributed by atoms with Gasteiger partial charge >= 0.3 is 0 Å². The van der Waals surface area contributed by atoms with Gasteiger partial charge in [0.1, 0.15) is 0 Å². The maximum Gasteiger partial charge on any atom is 0.0211 e. The predicted octanol–water partition coefficient (Wildman–Crippen LogP) is 6.85. The van der Waals surface area contributed by atoms with Crippen molar-refractivity contribution in [3.63, 3.8) is 0 Å². The first-order valence-corrected chi connectivity index (χ1v) is 9.33. The van der Waals surface area contributed by atoms with Gasteiger partial charge in [-0.1, -0.05) is 59.7 Å². The second-order valence-electron chi connectivity index (χ2n) is 5.54. The molecule has 3 aromatic rings. The van der Waals surface area contributed by atoms with Gasteiger partial charge in [0.15, 0.2) is 0 Å². The smallest absolute Gasteiger partial charge is 0.0211 e. The lowest BCUT2D eigenvalue weighted by atomic mass is 9.99. The summed E-state index contributed by atoms with van der Waals surface area (Å²) in [6.45, 7) is 4.27. The van der Waals surface area contributed by atoms with Crippen LogP contribution in [-0.2, 0) is 0 Å². The molecule has 3 rings (SSSR count). The second-order valence-corrected chi connectivity index (χ2v) is 7.87. The number of rotatable bonds is 2. The number of aryl methyl sites for hydroxylation is 2. The molecule has 0 saturated carbocycles. The van der Waals surface area contributed by atoms with Crippen LogP contribution in [0.25, 0.3) is 22.3 Å². The van der Waals surface area contributed by atoms with E-state index in [1.54, 1.807) is 0 Å². The zero-order valence-corrected chi connectivity index (χ0v) is 16.8. The fraction of sp³-hybridized carbons (Fsp3) is 0.100. The predicted molar refractivity (Wildman–Crippen MR) is 112 cm³/mol. The first kappa shape index (κ1) is 16.0. The van der Waals surface area contributed by atoms with Gasteiger partial charge in [-0.2, -0.15) is 0 Å². The van der Waals surface area contributed by atoms with Crippen LogP contribution in [0.5, 0.6) is 0 Å². The van der Waals surface area contributed by atoms with Crippen molar-refractivity contribution >= 4 is 45.2 Å². The molecule has 0 nitrogen and oxygen atoms in total. The summed E-state index contributed by atoms with van der Waals surface area (Å²) in [6, 6.07) is 22.1. The van der Waals surface area contributed by atoms with Crippen LogP contribution in [0, 0.1) is 21.0 Å². The summed E-state index contributed by atoms with van der Waals surface area (Å²) < 4.78 is 2.60. The summed E-state index contributed by atoms with van der Waals surface area (Å²) in [4.78, 5) is 0. The Hall–Kier alpha value is -0.880. The minimum Gasteiger partial charge on any atom is -0.0586 e. The number of hydrogen-bond donors (Lipinski definition) is 0. The van der Waals surface area contributed by atoms with Crippen molar-refractivity contribution in [3.8, 4) is 22.3 Å². The molecule has 0 aliphatic heterocycles. The molecule has 0 unspecified atom stereocenters. The highest BCUT2D eigenvalue weighted by Gasteiger charge is 2.06. The Morgan fingerprint density at radius 2 is 0.909 bits per heavy atom. The van der Waals surface area contributed by atoms with E-state index in [1.807, 2.05) is 0 Å². The lowest BCUT2D eigenvalue weighted by Crippen LogP contribution is -1.87. The first-order valence-electron chi connectivity index (χ1n) is 7.18. The molecule has 0 aromatic heterocycles. The average Bonchev–Trinajstić information content (AvgIpc) is 2.48. The van der Waals surface area contributed by atoms with E-state index in [9.17, 15) is 0 Å². The van der Waals surface area contributed by atoms with E-state index in [1.165, 1.54) is 40.5 Å². The molecule has 2 heteroatoms. The molecular formula is C20H16I2. The van der Waals surface area contributed by atoms with Crippen LogP contribution in [0.15, 0.2) is 60.7 Å². The monoisotopic (exact) mass is 510 g/mol. The van der Waals surface area contributed by atoms with Crippen LogP contribution in [0.1, 0.15) is 11.1 Å². The van der Waals surface area contributed by atoms with Crippen LogP contribution in [0.2, 0.25) is 0 Å². The molecular weight excluding hydrogens is 494 g/mol. The average molecular weight is 510 g/mol. The van der Waals surface area contributed by atoms with Crippen LogP contribution < -0.4 is 0 Å². The SMILES string of the molecule is Cc1ccc(-c2ccc(-c3ccc(C)cc3I)cc2)c(I)c1. The minimum atomic E-state index is 1.27. The number of benzene rings is 3. The Balaban J connectivity index is 1.99. The van der Waals surface area contributed by atoms with E-state index in [2.05, 4.69) is 120 Å². The van der Waals surface area contributed by atoms with Crippen molar-refractivity contribution in [2.24, 2.45) is 0 Å². The Morgan fingerprint density at radius 1 is 0.545 bits per heavy atom. The molecule has 0 aliphatic rings. The van der Waals surface area contributed by atoms with Crippen molar-refractivity contribution in [1.82, 2.24) is 0 Å². The zero-order valence-electron chi connectivity index (χ0n) is 12.5. The van der Waals surface area contributed by atoms with Crippen molar-refractivity contribution in [2.75, 3.05) is 0 Å². The van der Waals surface area contributed by atoms with E-state index in [-0.39, 0.29) is 0 Å². The van der Waals surface area contributed by atoms with E-state index in [0.29, 0.717) is 0 Å². The third-order valence-corrected chi connectivity index (χ3v) is 5.54. The van der Waals surface area contributed by atoms with Gasteiger partial charge < -0.3 is 0 Å². The molecule has 0 amide bonds. The highest BCUT2D eigenvalue weighted by molar-refractivity contribution is 14.1. The third-order valence-electron chi connectivity index (χ3n) is 3.76. The highest BCUT2D eigenvalue weighted by Crippen LogP contribution is 2.30. The van der Waals surface area contributed by atoms with Crippen molar-refractivity contribution in [1.29, 1.82) is 0 Å². The molecule has 110 valence electrons. The molecule has 0 N–H and O–H groups in total. The number of halogens is 2. The molecule has 0 spiro atoms. The molecule has 0 fully saturated rings. The fourth-order valence-corrected chi connectivity index (χ4v) is 4.50. The highest BCUT2D eigenvalue weighted by atomic mass is 127. The molecule has 3 aromatic carbocycles. The lowest BCUT2D eigenvalue weighted by Gasteiger charge is -2.09. The molecule has 0 aliphatic carbocycles. The molecule has 0 heterocycles. The van der Waals surface area contributed by atoms with Gasteiger partial charge in [0.05, 0.1) is 0 Å². The Kier molecular flexibility index (Phi) is 4.88. The van der Waals surface area contributed by atoms with Gasteiger partial charge in [-0.05, 0) is 93.4 Å². The van der Waals surface area contributed by atoms with Crippen LogP contribution >= 0.6 is 45.2 Å². The van der Waals surface area contributed by atoms with E-state index in [0.717, 1.165) is 0 Å². The minimum absolute atomic E-state index is 1.27. The summed E-state index contributed by atoms with van der Waals surface area (Å²) in [5, 5.41) is 0. The van der Waals surface area contributed by atoms with Gasteiger partial charge in [-0.3, -0.25) is 0 Å². The largest absolute Gasteiger partial charge is 0.0586 e. The van der Waals surface area contributed by atoms with Gasteiger partial charge in [0.2, 0.25) is 0 Å². The summed E-state index contributed by atoms with van der Waals surface area (Å²) in [6.07, 6.45) is 0. The molecule has 0 radical (unpaired) electrons. The fourth-order valence-electron chi connectivity index (χ4n) is 2.54. The summed E-state index contributed by atoms with van der Waals surface area (Å²) in [7, 11) is 0. The summed E-state index contributed by atoms with van der Waals surface area (Å²) in [5.74, 6) is 0. The Bertz CT molecular complexity index is 747. The molecule has 0 atom stereocenters. The van der Waals surface area contributed by atoms with Crippen LogP contribution in [0.4, 0.5) is 0 Å².